The average Bonchev–Trinajstić information content (AvgIpc) is 2.14. The zero-order valence-corrected chi connectivity index (χ0v) is 11.7. The maximum absolute atomic E-state index is 6.07. The summed E-state index contributed by atoms with van der Waals surface area (Å²) in [5.41, 5.74) is 2.01. The van der Waals surface area contributed by atoms with E-state index in [1.54, 1.807) is 0 Å². The molecule has 0 aliphatic heterocycles. The molecule has 0 N–H and O–H groups in total. The van der Waals surface area contributed by atoms with Crippen molar-refractivity contribution < 1.29 is 0 Å². The summed E-state index contributed by atoms with van der Waals surface area (Å²) in [6.07, 6.45) is 0. The molecule has 1 aromatic carbocycles. The zero-order chi connectivity index (χ0) is 10.9. The smallest absolute Gasteiger partial charge is 0.0740 e. The van der Waals surface area contributed by atoms with Crippen LogP contribution >= 0.6 is 50.7 Å². The lowest BCUT2D eigenvalue weighted by Gasteiger charge is -2.13. The van der Waals surface area contributed by atoms with Crippen molar-refractivity contribution in [3.63, 3.8) is 0 Å². The molecular weight excluding hydrogens is 306 g/mol. The van der Waals surface area contributed by atoms with Gasteiger partial charge in [-0.1, -0.05) is 43.1 Å². The molecule has 0 amide bonds. The Bertz CT molecular complexity index is 348. The number of hydrogen-bond acceptors (Lipinski definition) is 0. The van der Waals surface area contributed by atoms with E-state index in [9.17, 15) is 0 Å². The highest BCUT2D eigenvalue weighted by Crippen LogP contribution is 2.39. The summed E-state index contributed by atoms with van der Waals surface area (Å²) < 4.78 is 0.869. The molecule has 0 aliphatic carbocycles. The molecule has 0 fully saturated rings. The van der Waals surface area contributed by atoms with Crippen LogP contribution in [0.25, 0.3) is 0 Å². The van der Waals surface area contributed by atoms with Crippen molar-refractivity contribution >= 4 is 50.7 Å². The van der Waals surface area contributed by atoms with E-state index in [2.05, 4.69) is 29.8 Å². The number of alkyl halides is 1. The Morgan fingerprint density at radius 1 is 1.29 bits per heavy atom. The van der Waals surface area contributed by atoms with Crippen molar-refractivity contribution in [2.24, 2.45) is 0 Å². The van der Waals surface area contributed by atoms with Gasteiger partial charge in [-0.05, 0) is 33.0 Å². The maximum atomic E-state index is 6.07. The minimum atomic E-state index is 0.381. The van der Waals surface area contributed by atoms with E-state index in [-0.39, 0.29) is 0 Å². The lowest BCUT2D eigenvalue weighted by Crippen LogP contribution is -1.94. The molecule has 0 bridgehead atoms. The molecule has 78 valence electrons. The van der Waals surface area contributed by atoms with Gasteiger partial charge in [-0.3, -0.25) is 0 Å². The Hall–Kier alpha value is 0.570. The highest BCUT2D eigenvalue weighted by molar-refractivity contribution is 9.10. The molecule has 0 spiro atoms. The first-order valence-electron chi connectivity index (χ1n) is 4.21. The molecule has 0 heterocycles. The molecule has 4 heteroatoms. The molecule has 1 aromatic rings. The maximum Gasteiger partial charge on any atom is 0.0740 e. The third kappa shape index (κ3) is 2.38. The van der Waals surface area contributed by atoms with Crippen LogP contribution in [-0.2, 0) is 5.88 Å². The molecule has 0 radical (unpaired) electrons. The Morgan fingerprint density at radius 2 is 1.86 bits per heavy atom. The summed E-state index contributed by atoms with van der Waals surface area (Å²) in [4.78, 5) is 0. The first-order valence-corrected chi connectivity index (χ1v) is 6.29. The van der Waals surface area contributed by atoms with Gasteiger partial charge in [0.1, 0.15) is 0 Å². The van der Waals surface area contributed by atoms with Gasteiger partial charge >= 0.3 is 0 Å². The van der Waals surface area contributed by atoms with Crippen LogP contribution in [0.4, 0.5) is 0 Å². The highest BCUT2D eigenvalue weighted by atomic mass is 79.9. The summed E-state index contributed by atoms with van der Waals surface area (Å²) >= 11 is 21.3. The third-order valence-corrected chi connectivity index (χ3v) is 4.29. The van der Waals surface area contributed by atoms with Crippen molar-refractivity contribution in [3.8, 4) is 0 Å². The fourth-order valence-electron chi connectivity index (χ4n) is 1.20. The van der Waals surface area contributed by atoms with E-state index in [1.165, 1.54) is 0 Å². The lowest BCUT2D eigenvalue weighted by molar-refractivity contribution is 0.858. The Balaban J connectivity index is 3.40. The van der Waals surface area contributed by atoms with Crippen LogP contribution in [0.3, 0.4) is 0 Å². The van der Waals surface area contributed by atoms with Gasteiger partial charge in [0.15, 0.2) is 0 Å². The van der Waals surface area contributed by atoms with E-state index in [4.69, 9.17) is 34.8 Å². The summed E-state index contributed by atoms with van der Waals surface area (Å²) in [5.74, 6) is 0.770. The van der Waals surface area contributed by atoms with Crippen LogP contribution in [0, 0.1) is 0 Å². The second-order valence-corrected chi connectivity index (χ2v) is 5.17. The SMILES string of the molecule is CC(C)c1cc(CCl)c(Cl)c(Cl)c1Br. The molecule has 0 aromatic heterocycles. The van der Waals surface area contributed by atoms with Crippen LogP contribution in [0.15, 0.2) is 10.5 Å². The van der Waals surface area contributed by atoms with Crippen LogP contribution < -0.4 is 0 Å². The topological polar surface area (TPSA) is 0 Å². The van der Waals surface area contributed by atoms with Crippen molar-refractivity contribution in [1.29, 1.82) is 0 Å². The van der Waals surface area contributed by atoms with Crippen molar-refractivity contribution in [2.75, 3.05) is 0 Å². The molecule has 0 atom stereocenters. The van der Waals surface area contributed by atoms with Gasteiger partial charge in [0.25, 0.3) is 0 Å². The quantitative estimate of drug-likeness (QED) is 0.491. The van der Waals surface area contributed by atoms with Gasteiger partial charge in [0, 0.05) is 10.4 Å². The third-order valence-electron chi connectivity index (χ3n) is 2.02. The molecule has 0 unspecified atom stereocenters. The summed E-state index contributed by atoms with van der Waals surface area (Å²) in [6, 6.07) is 2.00. The molecule has 0 saturated heterocycles. The van der Waals surface area contributed by atoms with Gasteiger partial charge in [-0.15, -0.1) is 11.6 Å². The van der Waals surface area contributed by atoms with Crippen molar-refractivity contribution in [1.82, 2.24) is 0 Å². The van der Waals surface area contributed by atoms with Crippen LogP contribution in [0.2, 0.25) is 10.0 Å². The number of benzene rings is 1. The standard InChI is InChI=1S/C10H10BrCl3/c1-5(2)7-3-6(4-12)9(13)10(14)8(7)11/h3,5H,4H2,1-2H3. The molecule has 0 nitrogen and oxygen atoms in total. The van der Waals surface area contributed by atoms with E-state index in [1.807, 2.05) is 6.07 Å². The van der Waals surface area contributed by atoms with E-state index < -0.39 is 0 Å². The first kappa shape index (κ1) is 12.6. The molecule has 0 aliphatic rings. The monoisotopic (exact) mass is 314 g/mol. The van der Waals surface area contributed by atoms with E-state index in [0.29, 0.717) is 21.8 Å². The van der Waals surface area contributed by atoms with Crippen LogP contribution in [-0.4, -0.2) is 0 Å². The molecular formula is C10H10BrCl3. The van der Waals surface area contributed by atoms with Crippen LogP contribution in [0.5, 0.6) is 0 Å². The van der Waals surface area contributed by atoms with Crippen molar-refractivity contribution in [2.45, 2.75) is 25.6 Å². The predicted molar refractivity (Wildman–Crippen MR) is 67.8 cm³/mol. The normalized spacial score (nSPS) is 11.1. The number of rotatable bonds is 2. The van der Waals surface area contributed by atoms with Gasteiger partial charge in [0.2, 0.25) is 0 Å². The Labute approximate surface area is 108 Å². The lowest BCUT2D eigenvalue weighted by atomic mass is 10.0. The van der Waals surface area contributed by atoms with E-state index >= 15 is 0 Å². The second-order valence-electron chi connectivity index (χ2n) is 3.36. The fraction of sp³-hybridized carbons (Fsp3) is 0.400. The van der Waals surface area contributed by atoms with E-state index in [0.717, 1.165) is 15.6 Å². The van der Waals surface area contributed by atoms with Gasteiger partial charge in [-0.25, -0.2) is 0 Å². The summed E-state index contributed by atoms with van der Waals surface area (Å²) in [5, 5.41) is 1.09. The fourth-order valence-corrected chi connectivity index (χ4v) is 2.81. The van der Waals surface area contributed by atoms with Gasteiger partial charge in [0.05, 0.1) is 10.0 Å². The summed E-state index contributed by atoms with van der Waals surface area (Å²) in [6.45, 7) is 4.20. The Kier molecular flexibility index (Phi) is 4.57. The Morgan fingerprint density at radius 3 is 2.29 bits per heavy atom. The van der Waals surface area contributed by atoms with Crippen molar-refractivity contribution in [3.05, 3.63) is 31.7 Å². The average molecular weight is 316 g/mol. The molecule has 14 heavy (non-hydrogen) atoms. The highest BCUT2D eigenvalue weighted by Gasteiger charge is 2.14. The van der Waals surface area contributed by atoms with Crippen LogP contribution in [0.1, 0.15) is 30.9 Å². The van der Waals surface area contributed by atoms with Gasteiger partial charge < -0.3 is 0 Å². The minimum Gasteiger partial charge on any atom is -0.121 e. The first-order chi connectivity index (χ1) is 6.49. The molecule has 1 rings (SSSR count). The predicted octanol–water partition coefficient (Wildman–Crippen LogP) is 5.62. The second kappa shape index (κ2) is 5.07. The van der Waals surface area contributed by atoms with Gasteiger partial charge in [-0.2, -0.15) is 0 Å². The number of hydrogen-bond donors (Lipinski definition) is 0. The number of halogens is 4. The summed E-state index contributed by atoms with van der Waals surface area (Å²) in [7, 11) is 0. The zero-order valence-electron chi connectivity index (χ0n) is 7.87. The minimum absolute atomic E-state index is 0.381. The largest absolute Gasteiger partial charge is 0.121 e. The molecule has 0 saturated carbocycles.